The Morgan fingerprint density at radius 3 is 2.65 bits per heavy atom. The maximum absolute atomic E-state index is 13.8. The van der Waals surface area contributed by atoms with Crippen molar-refractivity contribution in [3.63, 3.8) is 0 Å². The first-order chi connectivity index (χ1) is 11.1. The molecule has 0 unspecified atom stereocenters. The number of imidazole rings is 1. The molecule has 0 aliphatic heterocycles. The smallest absolute Gasteiger partial charge is 0.201 e. The summed E-state index contributed by atoms with van der Waals surface area (Å²) in [6, 6.07) is 8.16. The molecule has 23 heavy (non-hydrogen) atoms. The number of H-pyrrole nitrogens is 1. The number of hydrogen-bond donors (Lipinski definition) is 2. The summed E-state index contributed by atoms with van der Waals surface area (Å²) in [5.74, 6) is 1.35. The zero-order chi connectivity index (χ0) is 16.4. The molecule has 0 spiro atoms. The van der Waals surface area contributed by atoms with Crippen molar-refractivity contribution in [2.75, 3.05) is 19.5 Å². The first-order valence-corrected chi connectivity index (χ1v) is 7.28. The van der Waals surface area contributed by atoms with Crippen LogP contribution in [0.15, 0.2) is 30.3 Å². The molecule has 0 amide bonds. The van der Waals surface area contributed by atoms with E-state index in [1.165, 1.54) is 6.07 Å². The molecule has 2 N–H and O–H groups in total. The molecule has 3 aromatic rings. The van der Waals surface area contributed by atoms with E-state index in [4.69, 9.17) is 21.1 Å². The van der Waals surface area contributed by atoms with Crippen LogP contribution >= 0.6 is 11.6 Å². The average molecular weight is 336 g/mol. The summed E-state index contributed by atoms with van der Waals surface area (Å²) in [5.41, 5.74) is 1.89. The molecule has 2 aromatic carbocycles. The Morgan fingerprint density at radius 1 is 1.22 bits per heavy atom. The Morgan fingerprint density at radius 2 is 1.96 bits per heavy atom. The number of fused-ring (bicyclic) bond motifs is 1. The lowest BCUT2D eigenvalue weighted by Gasteiger charge is -2.06. The number of nitrogens with zero attached hydrogens (tertiary/aromatic N) is 1. The van der Waals surface area contributed by atoms with Gasteiger partial charge >= 0.3 is 0 Å². The maximum Gasteiger partial charge on any atom is 0.201 e. The summed E-state index contributed by atoms with van der Waals surface area (Å²) >= 11 is 6.01. The molecule has 1 heterocycles. The normalized spacial score (nSPS) is 10.8. The van der Waals surface area contributed by atoms with Gasteiger partial charge in [0.25, 0.3) is 0 Å². The van der Waals surface area contributed by atoms with Gasteiger partial charge in [-0.25, -0.2) is 9.37 Å². The predicted octanol–water partition coefficient (Wildman–Crippen LogP) is 3.98. The van der Waals surface area contributed by atoms with E-state index in [1.54, 1.807) is 38.5 Å². The largest absolute Gasteiger partial charge is 0.493 e. The number of methoxy groups -OCH3 is 2. The minimum absolute atomic E-state index is 0.222. The van der Waals surface area contributed by atoms with Crippen molar-refractivity contribution >= 4 is 28.6 Å². The van der Waals surface area contributed by atoms with Gasteiger partial charge in [-0.3, -0.25) is 0 Å². The first-order valence-electron chi connectivity index (χ1n) is 6.91. The Labute approximate surface area is 137 Å². The molecular formula is C16H15ClFN3O2. The number of aromatic amines is 1. The Balaban J connectivity index is 1.86. The van der Waals surface area contributed by atoms with Gasteiger partial charge in [0.05, 0.1) is 25.3 Å². The molecule has 0 bridgehead atoms. The van der Waals surface area contributed by atoms with Crippen molar-refractivity contribution < 1.29 is 13.9 Å². The second kappa shape index (κ2) is 6.34. The fourth-order valence-electron chi connectivity index (χ4n) is 2.29. The van der Waals surface area contributed by atoms with Gasteiger partial charge in [-0.1, -0.05) is 17.7 Å². The molecule has 0 radical (unpaired) electrons. The third-order valence-electron chi connectivity index (χ3n) is 3.48. The number of hydrogen-bond acceptors (Lipinski definition) is 4. The number of rotatable bonds is 5. The fourth-order valence-corrected chi connectivity index (χ4v) is 2.52. The molecule has 0 aliphatic rings. The summed E-state index contributed by atoms with van der Waals surface area (Å²) in [6.45, 7) is 0.222. The van der Waals surface area contributed by atoms with Crippen LogP contribution in [0.25, 0.3) is 11.0 Å². The zero-order valence-electron chi connectivity index (χ0n) is 12.6. The van der Waals surface area contributed by atoms with E-state index in [2.05, 4.69) is 15.3 Å². The highest BCUT2D eigenvalue weighted by Gasteiger charge is 2.11. The monoisotopic (exact) mass is 335 g/mol. The van der Waals surface area contributed by atoms with E-state index >= 15 is 0 Å². The van der Waals surface area contributed by atoms with Gasteiger partial charge < -0.3 is 19.8 Å². The van der Waals surface area contributed by atoms with Crippen molar-refractivity contribution in [1.29, 1.82) is 0 Å². The summed E-state index contributed by atoms with van der Waals surface area (Å²) in [6.07, 6.45) is 0. The van der Waals surface area contributed by atoms with E-state index in [0.717, 1.165) is 5.52 Å². The average Bonchev–Trinajstić information content (AvgIpc) is 2.94. The van der Waals surface area contributed by atoms with Gasteiger partial charge in [-0.15, -0.1) is 0 Å². The van der Waals surface area contributed by atoms with E-state index in [0.29, 0.717) is 33.6 Å². The van der Waals surface area contributed by atoms with Crippen molar-refractivity contribution in [2.24, 2.45) is 0 Å². The molecule has 7 heteroatoms. The Bertz CT molecular complexity index is 789. The van der Waals surface area contributed by atoms with Crippen LogP contribution in [0.2, 0.25) is 5.02 Å². The quantitative estimate of drug-likeness (QED) is 0.740. The molecule has 0 atom stereocenters. The van der Waals surface area contributed by atoms with Crippen LogP contribution in [0.4, 0.5) is 10.3 Å². The van der Waals surface area contributed by atoms with Gasteiger partial charge in [0.2, 0.25) is 5.95 Å². The highest BCUT2D eigenvalue weighted by atomic mass is 35.5. The first kappa shape index (κ1) is 15.4. The lowest BCUT2D eigenvalue weighted by Crippen LogP contribution is -2.03. The SMILES string of the molecule is COc1cc2nc(NCc3c(F)cccc3Cl)[nH]c2cc1OC. The highest BCUT2D eigenvalue weighted by molar-refractivity contribution is 6.31. The molecule has 120 valence electrons. The van der Waals surface area contributed by atoms with Crippen LogP contribution in [0.3, 0.4) is 0 Å². The molecule has 0 fully saturated rings. The van der Waals surface area contributed by atoms with Crippen molar-refractivity contribution in [1.82, 2.24) is 9.97 Å². The van der Waals surface area contributed by atoms with Crippen LogP contribution in [0.5, 0.6) is 11.5 Å². The summed E-state index contributed by atoms with van der Waals surface area (Å²) in [7, 11) is 3.13. The molecular weight excluding hydrogens is 321 g/mol. The van der Waals surface area contributed by atoms with Crippen LogP contribution in [-0.2, 0) is 6.54 Å². The lowest BCUT2D eigenvalue weighted by molar-refractivity contribution is 0.356. The van der Waals surface area contributed by atoms with E-state index < -0.39 is 0 Å². The number of aromatic nitrogens is 2. The van der Waals surface area contributed by atoms with Crippen LogP contribution in [-0.4, -0.2) is 24.2 Å². The van der Waals surface area contributed by atoms with E-state index in [-0.39, 0.29) is 12.4 Å². The van der Waals surface area contributed by atoms with Crippen LogP contribution < -0.4 is 14.8 Å². The van der Waals surface area contributed by atoms with Gasteiger partial charge in [0, 0.05) is 29.3 Å². The summed E-state index contributed by atoms with van der Waals surface area (Å²) < 4.78 is 24.3. The minimum atomic E-state index is -0.357. The maximum atomic E-state index is 13.8. The zero-order valence-corrected chi connectivity index (χ0v) is 13.4. The van der Waals surface area contributed by atoms with Gasteiger partial charge in [-0.2, -0.15) is 0 Å². The number of benzene rings is 2. The standard InChI is InChI=1S/C16H15ClFN3O2/c1-22-14-6-12-13(7-15(14)23-2)21-16(20-12)19-8-9-10(17)4-3-5-11(9)18/h3-7H,8H2,1-2H3,(H2,19,20,21). The predicted molar refractivity (Wildman–Crippen MR) is 87.9 cm³/mol. The molecule has 0 aliphatic carbocycles. The molecule has 5 nitrogen and oxygen atoms in total. The van der Waals surface area contributed by atoms with E-state index in [9.17, 15) is 4.39 Å². The summed E-state index contributed by atoms with van der Waals surface area (Å²) in [4.78, 5) is 7.51. The number of halogens is 2. The third-order valence-corrected chi connectivity index (χ3v) is 3.84. The van der Waals surface area contributed by atoms with Gasteiger partial charge in [0.1, 0.15) is 5.82 Å². The number of anilines is 1. The topological polar surface area (TPSA) is 59.2 Å². The van der Waals surface area contributed by atoms with Gasteiger partial charge in [-0.05, 0) is 12.1 Å². The lowest BCUT2D eigenvalue weighted by atomic mass is 10.2. The Hall–Kier alpha value is -2.47. The van der Waals surface area contributed by atoms with E-state index in [1.807, 2.05) is 0 Å². The summed E-state index contributed by atoms with van der Waals surface area (Å²) in [5, 5.41) is 3.41. The van der Waals surface area contributed by atoms with Crippen LogP contribution in [0.1, 0.15) is 5.56 Å². The third kappa shape index (κ3) is 3.03. The number of nitrogens with one attached hydrogen (secondary N) is 2. The van der Waals surface area contributed by atoms with Gasteiger partial charge in [0.15, 0.2) is 11.5 Å². The molecule has 0 saturated heterocycles. The minimum Gasteiger partial charge on any atom is -0.493 e. The van der Waals surface area contributed by atoms with Crippen LogP contribution in [0, 0.1) is 5.82 Å². The molecule has 1 aromatic heterocycles. The Kier molecular flexibility index (Phi) is 4.25. The fraction of sp³-hybridized carbons (Fsp3) is 0.188. The van der Waals surface area contributed by atoms with Crippen molar-refractivity contribution in [3.8, 4) is 11.5 Å². The highest BCUT2D eigenvalue weighted by Crippen LogP contribution is 2.31. The molecule has 3 rings (SSSR count). The number of ether oxygens (including phenoxy) is 2. The second-order valence-electron chi connectivity index (χ2n) is 4.86. The van der Waals surface area contributed by atoms with Crippen molar-refractivity contribution in [3.05, 3.63) is 46.7 Å². The second-order valence-corrected chi connectivity index (χ2v) is 5.27. The van der Waals surface area contributed by atoms with Crippen molar-refractivity contribution in [2.45, 2.75) is 6.54 Å². The molecule has 0 saturated carbocycles.